The Morgan fingerprint density at radius 2 is 1.74 bits per heavy atom. The smallest absolute Gasteiger partial charge is 0.254 e. The Morgan fingerprint density at radius 3 is 2.29 bits per heavy atom. The highest BCUT2D eigenvalue weighted by Crippen LogP contribution is 2.29. The lowest BCUT2D eigenvalue weighted by molar-refractivity contribution is -0.117. The van der Waals surface area contributed by atoms with Crippen molar-refractivity contribution in [1.29, 1.82) is 0 Å². The molecule has 0 aliphatic rings. The summed E-state index contributed by atoms with van der Waals surface area (Å²) in [5, 5.41) is 8.19. The highest BCUT2D eigenvalue weighted by molar-refractivity contribution is 6.32. The summed E-state index contributed by atoms with van der Waals surface area (Å²) in [5.41, 5.74) is 2.98. The lowest BCUT2D eigenvalue weighted by atomic mass is 9.92. The van der Waals surface area contributed by atoms with Crippen LogP contribution in [0.15, 0.2) is 54.6 Å². The number of carbonyl (C=O) groups is 2. The Balaban J connectivity index is 1.86. The highest BCUT2D eigenvalue weighted by atomic mass is 35.5. The SMILES string of the molecule is CCc1ccc(C(=O)N(CC(=O)Nc2cc(C(C)(C)C)nn2-c2ccccc2Cl)C(C)C)cc1. The van der Waals surface area contributed by atoms with E-state index in [9.17, 15) is 9.59 Å². The molecule has 7 heteroatoms. The Labute approximate surface area is 206 Å². The van der Waals surface area contributed by atoms with Gasteiger partial charge < -0.3 is 10.2 Å². The maximum Gasteiger partial charge on any atom is 0.254 e. The number of hydrogen-bond donors (Lipinski definition) is 1. The van der Waals surface area contributed by atoms with E-state index < -0.39 is 0 Å². The zero-order chi connectivity index (χ0) is 25.0. The maximum absolute atomic E-state index is 13.2. The zero-order valence-corrected chi connectivity index (χ0v) is 21.5. The molecule has 1 aromatic heterocycles. The molecule has 34 heavy (non-hydrogen) atoms. The average molecular weight is 481 g/mol. The minimum Gasteiger partial charge on any atom is -0.327 e. The van der Waals surface area contributed by atoms with Gasteiger partial charge in [0, 0.05) is 23.1 Å². The summed E-state index contributed by atoms with van der Waals surface area (Å²) < 4.78 is 1.64. The molecule has 0 bridgehead atoms. The van der Waals surface area contributed by atoms with Gasteiger partial charge in [0.2, 0.25) is 5.91 Å². The second kappa shape index (κ2) is 10.4. The fourth-order valence-corrected chi connectivity index (χ4v) is 3.73. The predicted molar refractivity (Wildman–Crippen MR) is 138 cm³/mol. The molecule has 2 amide bonds. The van der Waals surface area contributed by atoms with Crippen molar-refractivity contribution >= 4 is 29.2 Å². The van der Waals surface area contributed by atoms with Gasteiger partial charge in [-0.1, -0.05) is 63.6 Å². The van der Waals surface area contributed by atoms with Crippen molar-refractivity contribution < 1.29 is 9.59 Å². The number of nitrogens with one attached hydrogen (secondary N) is 1. The number of hydrogen-bond acceptors (Lipinski definition) is 3. The molecular formula is C27H33ClN4O2. The second-order valence-corrected chi connectivity index (χ2v) is 10.1. The highest BCUT2D eigenvalue weighted by Gasteiger charge is 2.25. The molecule has 0 saturated carbocycles. The third-order valence-corrected chi connectivity index (χ3v) is 5.95. The summed E-state index contributed by atoms with van der Waals surface area (Å²) in [6.45, 7) is 12.0. The molecule has 0 saturated heterocycles. The van der Waals surface area contributed by atoms with Crippen molar-refractivity contribution in [2.45, 2.75) is 59.4 Å². The van der Waals surface area contributed by atoms with E-state index in [2.05, 4.69) is 33.0 Å². The zero-order valence-electron chi connectivity index (χ0n) is 20.7. The fraction of sp³-hybridized carbons (Fsp3) is 0.370. The summed E-state index contributed by atoms with van der Waals surface area (Å²) in [6, 6.07) is 16.6. The van der Waals surface area contributed by atoms with Crippen molar-refractivity contribution in [3.05, 3.63) is 76.4 Å². The number of aryl methyl sites for hydroxylation is 1. The van der Waals surface area contributed by atoms with Crippen LogP contribution in [0.1, 0.15) is 63.2 Å². The second-order valence-electron chi connectivity index (χ2n) is 9.65. The van der Waals surface area contributed by atoms with E-state index >= 15 is 0 Å². The minimum absolute atomic E-state index is 0.0788. The Hall–Kier alpha value is -3.12. The molecule has 0 spiro atoms. The van der Waals surface area contributed by atoms with Crippen LogP contribution in [0.3, 0.4) is 0 Å². The third-order valence-electron chi connectivity index (χ3n) is 5.63. The van der Waals surface area contributed by atoms with E-state index in [1.807, 2.05) is 62.4 Å². The minimum atomic E-state index is -0.305. The van der Waals surface area contributed by atoms with Crippen LogP contribution < -0.4 is 5.32 Å². The number of amides is 2. The predicted octanol–water partition coefficient (Wildman–Crippen LogP) is 5.87. The lowest BCUT2D eigenvalue weighted by Crippen LogP contribution is -2.42. The molecule has 1 N–H and O–H groups in total. The molecule has 3 aromatic rings. The number of anilines is 1. The van der Waals surface area contributed by atoms with Crippen LogP contribution in [-0.4, -0.2) is 39.1 Å². The van der Waals surface area contributed by atoms with Gasteiger partial charge >= 0.3 is 0 Å². The van der Waals surface area contributed by atoms with Crippen LogP contribution in [-0.2, 0) is 16.6 Å². The first-order valence-corrected chi connectivity index (χ1v) is 11.9. The molecule has 3 rings (SSSR count). The van der Waals surface area contributed by atoms with Gasteiger partial charge in [-0.3, -0.25) is 9.59 Å². The molecule has 2 aromatic carbocycles. The molecule has 0 radical (unpaired) electrons. The normalized spacial score (nSPS) is 11.5. The van der Waals surface area contributed by atoms with E-state index in [-0.39, 0.29) is 29.8 Å². The summed E-state index contributed by atoms with van der Waals surface area (Å²) >= 11 is 6.42. The number of benzene rings is 2. The number of para-hydroxylation sites is 1. The molecule has 6 nitrogen and oxygen atoms in total. The molecule has 0 atom stereocenters. The van der Waals surface area contributed by atoms with Gasteiger partial charge in [-0.15, -0.1) is 0 Å². The van der Waals surface area contributed by atoms with Crippen LogP contribution >= 0.6 is 11.6 Å². The Kier molecular flexibility index (Phi) is 7.82. The van der Waals surface area contributed by atoms with E-state index in [0.29, 0.717) is 22.1 Å². The van der Waals surface area contributed by atoms with Crippen molar-refractivity contribution in [2.75, 3.05) is 11.9 Å². The van der Waals surface area contributed by atoms with Gasteiger partial charge in [0.25, 0.3) is 5.91 Å². The van der Waals surface area contributed by atoms with E-state index in [4.69, 9.17) is 16.7 Å². The van der Waals surface area contributed by atoms with Gasteiger partial charge in [0.15, 0.2) is 0 Å². The molecule has 0 aliphatic heterocycles. The number of halogens is 1. The fourth-order valence-electron chi connectivity index (χ4n) is 3.52. The first kappa shape index (κ1) is 25.5. The number of nitrogens with zero attached hydrogens (tertiary/aromatic N) is 3. The first-order chi connectivity index (χ1) is 16.0. The number of aromatic nitrogens is 2. The van der Waals surface area contributed by atoms with Gasteiger partial charge in [0.1, 0.15) is 12.4 Å². The first-order valence-electron chi connectivity index (χ1n) is 11.6. The van der Waals surface area contributed by atoms with Crippen molar-refractivity contribution in [2.24, 2.45) is 0 Å². The molecular weight excluding hydrogens is 448 g/mol. The van der Waals surface area contributed by atoms with Crippen LogP contribution in [0.4, 0.5) is 5.82 Å². The lowest BCUT2D eigenvalue weighted by Gasteiger charge is -2.26. The standard InChI is InChI=1S/C27H33ClN4O2/c1-7-19-12-14-20(15-13-19)26(34)31(18(2)3)17-25(33)29-24-16-23(27(4,5)6)30-32(24)22-11-9-8-10-21(22)28/h8-16,18H,7,17H2,1-6H3,(H,29,33). The summed E-state index contributed by atoms with van der Waals surface area (Å²) in [5.74, 6) is 0.0233. The average Bonchev–Trinajstić information content (AvgIpc) is 3.21. The van der Waals surface area contributed by atoms with Gasteiger partial charge in [0.05, 0.1) is 16.4 Å². The van der Waals surface area contributed by atoms with Gasteiger partial charge in [-0.2, -0.15) is 5.10 Å². The number of rotatable bonds is 7. The summed E-state index contributed by atoms with van der Waals surface area (Å²) in [7, 11) is 0. The number of carbonyl (C=O) groups excluding carboxylic acids is 2. The molecule has 0 aliphatic carbocycles. The van der Waals surface area contributed by atoms with Gasteiger partial charge in [-0.05, 0) is 50.1 Å². The monoisotopic (exact) mass is 480 g/mol. The largest absolute Gasteiger partial charge is 0.327 e. The summed E-state index contributed by atoms with van der Waals surface area (Å²) in [4.78, 5) is 27.8. The van der Waals surface area contributed by atoms with E-state index in [1.54, 1.807) is 15.6 Å². The molecule has 0 fully saturated rings. The van der Waals surface area contributed by atoms with Crippen LogP contribution in [0.5, 0.6) is 0 Å². The van der Waals surface area contributed by atoms with Crippen LogP contribution in [0.2, 0.25) is 5.02 Å². The maximum atomic E-state index is 13.2. The topological polar surface area (TPSA) is 67.2 Å². The Bertz CT molecular complexity index is 1160. The third kappa shape index (κ3) is 5.86. The van der Waals surface area contributed by atoms with Crippen molar-refractivity contribution in [3.8, 4) is 5.69 Å². The van der Waals surface area contributed by atoms with Crippen LogP contribution in [0, 0.1) is 0 Å². The Morgan fingerprint density at radius 1 is 1.09 bits per heavy atom. The van der Waals surface area contributed by atoms with Crippen LogP contribution in [0.25, 0.3) is 5.69 Å². The van der Waals surface area contributed by atoms with Gasteiger partial charge in [-0.25, -0.2) is 4.68 Å². The molecule has 1 heterocycles. The van der Waals surface area contributed by atoms with E-state index in [1.165, 1.54) is 0 Å². The summed E-state index contributed by atoms with van der Waals surface area (Å²) in [6.07, 6.45) is 0.903. The molecule has 180 valence electrons. The van der Waals surface area contributed by atoms with E-state index in [0.717, 1.165) is 17.7 Å². The van der Waals surface area contributed by atoms with Crippen molar-refractivity contribution in [1.82, 2.24) is 14.7 Å². The van der Waals surface area contributed by atoms with Crippen molar-refractivity contribution in [3.63, 3.8) is 0 Å². The quantitative estimate of drug-likeness (QED) is 0.459. The molecule has 0 unspecified atom stereocenters.